The number of benzene rings is 2. The molecule has 118 valence electrons. The number of nitrogens with zero attached hydrogens (tertiary/aromatic N) is 3. The number of hydrogen-bond donors (Lipinski definition) is 0. The average Bonchev–Trinajstić information content (AvgIpc) is 2.99. The fourth-order valence-corrected chi connectivity index (χ4v) is 2.73. The van der Waals surface area contributed by atoms with Crippen LogP contribution in [0.2, 0.25) is 0 Å². The highest BCUT2D eigenvalue weighted by Crippen LogP contribution is 2.19. The first-order chi connectivity index (χ1) is 11.9. The maximum absolute atomic E-state index is 5.90. The summed E-state index contributed by atoms with van der Waals surface area (Å²) in [5, 5.41) is 0. The maximum Gasteiger partial charge on any atom is 0.148 e. The Labute approximate surface area is 140 Å². The van der Waals surface area contributed by atoms with Gasteiger partial charge in [-0.3, -0.25) is 4.98 Å². The molecule has 0 spiro atoms. The zero-order valence-electron chi connectivity index (χ0n) is 13.2. The maximum atomic E-state index is 5.90. The summed E-state index contributed by atoms with van der Waals surface area (Å²) < 4.78 is 8.06. The van der Waals surface area contributed by atoms with E-state index in [4.69, 9.17) is 9.72 Å². The van der Waals surface area contributed by atoms with E-state index in [9.17, 15) is 0 Å². The summed E-state index contributed by atoms with van der Waals surface area (Å²) in [4.78, 5) is 9.16. The number of aromatic nitrogens is 3. The molecule has 24 heavy (non-hydrogen) atoms. The Morgan fingerprint density at radius 1 is 0.833 bits per heavy atom. The third kappa shape index (κ3) is 2.99. The van der Waals surface area contributed by atoms with E-state index in [0.717, 1.165) is 28.3 Å². The summed E-state index contributed by atoms with van der Waals surface area (Å²) in [6.45, 7) is 1.10. The molecule has 2 aromatic heterocycles. The third-order valence-electron chi connectivity index (χ3n) is 3.89. The lowest BCUT2D eigenvalue weighted by atomic mass is 10.3. The van der Waals surface area contributed by atoms with Crippen LogP contribution >= 0.6 is 0 Å². The van der Waals surface area contributed by atoms with Gasteiger partial charge < -0.3 is 9.30 Å². The lowest BCUT2D eigenvalue weighted by Gasteiger charge is -2.10. The van der Waals surface area contributed by atoms with Crippen molar-refractivity contribution >= 4 is 11.0 Å². The second kappa shape index (κ2) is 6.54. The highest BCUT2D eigenvalue weighted by molar-refractivity contribution is 5.76. The molecule has 4 aromatic rings. The molecule has 0 amide bonds. The fraction of sp³-hybridized carbons (Fsp3) is 0.100. The van der Waals surface area contributed by atoms with Gasteiger partial charge in [-0.15, -0.1) is 0 Å². The predicted molar refractivity (Wildman–Crippen MR) is 93.8 cm³/mol. The Hall–Kier alpha value is -3.14. The summed E-state index contributed by atoms with van der Waals surface area (Å²) in [5.41, 5.74) is 3.07. The molecule has 0 aliphatic carbocycles. The van der Waals surface area contributed by atoms with Crippen LogP contribution < -0.4 is 4.74 Å². The van der Waals surface area contributed by atoms with Gasteiger partial charge in [-0.1, -0.05) is 36.4 Å². The van der Waals surface area contributed by atoms with E-state index < -0.39 is 0 Å². The second-order valence-corrected chi connectivity index (χ2v) is 5.53. The number of pyridine rings is 1. The monoisotopic (exact) mass is 315 g/mol. The highest BCUT2D eigenvalue weighted by Gasteiger charge is 2.12. The minimum atomic E-state index is 0.422. The summed E-state index contributed by atoms with van der Waals surface area (Å²) in [6, 6.07) is 23.9. The molecule has 0 radical (unpaired) electrons. The Morgan fingerprint density at radius 2 is 1.62 bits per heavy atom. The molecule has 4 rings (SSSR count). The average molecular weight is 315 g/mol. The van der Waals surface area contributed by atoms with Crippen LogP contribution in [0.4, 0.5) is 0 Å². The van der Waals surface area contributed by atoms with Crippen LogP contribution in [0.3, 0.4) is 0 Å². The van der Waals surface area contributed by atoms with Crippen molar-refractivity contribution in [3.05, 3.63) is 90.5 Å². The Kier molecular flexibility index (Phi) is 3.94. The van der Waals surface area contributed by atoms with E-state index in [1.807, 2.05) is 72.9 Å². The first kappa shape index (κ1) is 14.5. The molecule has 2 aromatic carbocycles. The first-order valence-corrected chi connectivity index (χ1v) is 7.92. The lowest BCUT2D eigenvalue weighted by molar-refractivity contribution is 0.291. The number of ether oxygens (including phenoxy) is 1. The summed E-state index contributed by atoms with van der Waals surface area (Å²) in [7, 11) is 0. The van der Waals surface area contributed by atoms with Crippen molar-refractivity contribution in [1.29, 1.82) is 0 Å². The Bertz CT molecular complexity index is 933. The fourth-order valence-electron chi connectivity index (χ4n) is 2.73. The van der Waals surface area contributed by atoms with Gasteiger partial charge in [0, 0.05) is 6.20 Å². The molecular formula is C20H17N3O. The van der Waals surface area contributed by atoms with Crippen LogP contribution in [0.25, 0.3) is 11.0 Å². The molecule has 0 unspecified atom stereocenters. The SMILES string of the molecule is c1ccc(OCc2nc3ccccc3n2Cc2ccccn2)cc1. The predicted octanol–water partition coefficient (Wildman–Crippen LogP) is 4.06. The molecule has 0 N–H and O–H groups in total. The minimum absolute atomic E-state index is 0.422. The van der Waals surface area contributed by atoms with Gasteiger partial charge in [-0.2, -0.15) is 0 Å². The van der Waals surface area contributed by atoms with E-state index in [0.29, 0.717) is 13.2 Å². The van der Waals surface area contributed by atoms with Crippen LogP contribution in [0, 0.1) is 0 Å². The summed E-state index contributed by atoms with van der Waals surface area (Å²) >= 11 is 0. The van der Waals surface area contributed by atoms with Crippen molar-refractivity contribution in [2.75, 3.05) is 0 Å². The third-order valence-corrected chi connectivity index (χ3v) is 3.89. The van der Waals surface area contributed by atoms with E-state index >= 15 is 0 Å². The number of para-hydroxylation sites is 3. The molecule has 4 nitrogen and oxygen atoms in total. The number of imidazole rings is 1. The van der Waals surface area contributed by atoms with E-state index in [1.165, 1.54) is 0 Å². The topological polar surface area (TPSA) is 39.9 Å². The molecule has 0 atom stereocenters. The van der Waals surface area contributed by atoms with Gasteiger partial charge >= 0.3 is 0 Å². The summed E-state index contributed by atoms with van der Waals surface area (Å²) in [6.07, 6.45) is 1.81. The molecule has 0 fully saturated rings. The molecular weight excluding hydrogens is 298 g/mol. The van der Waals surface area contributed by atoms with Gasteiger partial charge in [0.25, 0.3) is 0 Å². The van der Waals surface area contributed by atoms with Crippen LogP contribution in [0.1, 0.15) is 11.5 Å². The molecule has 0 saturated heterocycles. The normalized spacial score (nSPS) is 10.8. The van der Waals surface area contributed by atoms with Gasteiger partial charge in [0.1, 0.15) is 18.2 Å². The largest absolute Gasteiger partial charge is 0.486 e. The first-order valence-electron chi connectivity index (χ1n) is 7.92. The van der Waals surface area contributed by atoms with Crippen molar-refractivity contribution in [3.8, 4) is 5.75 Å². The van der Waals surface area contributed by atoms with Crippen LogP contribution in [0.5, 0.6) is 5.75 Å². The van der Waals surface area contributed by atoms with Crippen molar-refractivity contribution in [1.82, 2.24) is 14.5 Å². The zero-order valence-corrected chi connectivity index (χ0v) is 13.2. The Balaban J connectivity index is 1.67. The van der Waals surface area contributed by atoms with E-state index in [2.05, 4.69) is 15.6 Å². The lowest BCUT2D eigenvalue weighted by Crippen LogP contribution is -2.09. The van der Waals surface area contributed by atoms with Crippen LogP contribution in [0.15, 0.2) is 79.0 Å². The summed E-state index contributed by atoms with van der Waals surface area (Å²) in [5.74, 6) is 1.74. The van der Waals surface area contributed by atoms with Crippen molar-refractivity contribution in [3.63, 3.8) is 0 Å². The molecule has 0 saturated carbocycles. The van der Waals surface area contributed by atoms with Gasteiger partial charge in [0.05, 0.1) is 23.3 Å². The van der Waals surface area contributed by atoms with Crippen molar-refractivity contribution in [2.24, 2.45) is 0 Å². The quantitative estimate of drug-likeness (QED) is 0.557. The molecule has 0 aliphatic rings. The zero-order chi connectivity index (χ0) is 16.2. The van der Waals surface area contributed by atoms with Gasteiger partial charge in [-0.05, 0) is 36.4 Å². The van der Waals surface area contributed by atoms with E-state index in [1.54, 1.807) is 0 Å². The number of hydrogen-bond acceptors (Lipinski definition) is 3. The smallest absolute Gasteiger partial charge is 0.148 e. The standard InChI is InChI=1S/C20H17N3O/c1-2-9-17(10-3-1)24-15-20-22-18-11-4-5-12-19(18)23(20)14-16-8-6-7-13-21-16/h1-13H,14-15H2. The second-order valence-electron chi connectivity index (χ2n) is 5.53. The Morgan fingerprint density at radius 3 is 2.46 bits per heavy atom. The van der Waals surface area contributed by atoms with E-state index in [-0.39, 0.29) is 0 Å². The molecule has 0 bridgehead atoms. The van der Waals surface area contributed by atoms with Crippen molar-refractivity contribution < 1.29 is 4.74 Å². The van der Waals surface area contributed by atoms with Gasteiger partial charge in [-0.25, -0.2) is 4.98 Å². The van der Waals surface area contributed by atoms with Crippen molar-refractivity contribution in [2.45, 2.75) is 13.2 Å². The van der Waals surface area contributed by atoms with Crippen LogP contribution in [-0.2, 0) is 13.2 Å². The number of rotatable bonds is 5. The van der Waals surface area contributed by atoms with Gasteiger partial charge in [0.15, 0.2) is 0 Å². The highest BCUT2D eigenvalue weighted by atomic mass is 16.5. The number of fused-ring (bicyclic) bond motifs is 1. The molecule has 4 heteroatoms. The molecule has 2 heterocycles. The molecule has 0 aliphatic heterocycles. The van der Waals surface area contributed by atoms with Gasteiger partial charge in [0.2, 0.25) is 0 Å². The minimum Gasteiger partial charge on any atom is -0.486 e. The van der Waals surface area contributed by atoms with Crippen LogP contribution in [-0.4, -0.2) is 14.5 Å².